The Kier molecular flexibility index (Phi) is 3.49. The van der Waals surface area contributed by atoms with E-state index in [0.717, 1.165) is 44.0 Å². The van der Waals surface area contributed by atoms with E-state index in [-0.39, 0.29) is 40.0 Å². The lowest BCUT2D eigenvalue weighted by Crippen LogP contribution is -2.53. The van der Waals surface area contributed by atoms with Gasteiger partial charge in [-0.3, -0.25) is 9.59 Å². The van der Waals surface area contributed by atoms with Gasteiger partial charge in [0.15, 0.2) is 5.78 Å². The van der Waals surface area contributed by atoms with Crippen LogP contribution in [0, 0.1) is 28.6 Å². The van der Waals surface area contributed by atoms with Crippen LogP contribution >= 0.6 is 0 Å². The summed E-state index contributed by atoms with van der Waals surface area (Å²) < 4.78 is 5.96. The van der Waals surface area contributed by atoms with Gasteiger partial charge in [0, 0.05) is 29.6 Å². The Hall–Kier alpha value is -1.71. The molecule has 27 heavy (non-hydrogen) atoms. The molecule has 4 nitrogen and oxygen atoms in total. The zero-order chi connectivity index (χ0) is 19.0. The van der Waals surface area contributed by atoms with Crippen molar-refractivity contribution in [2.45, 2.75) is 70.8 Å². The number of ketones is 1. The van der Waals surface area contributed by atoms with Crippen molar-refractivity contribution in [2.24, 2.45) is 28.6 Å². The molecule has 4 aliphatic carbocycles. The normalized spacial score (nSPS) is 48.3. The highest BCUT2D eigenvalue weighted by molar-refractivity contribution is 5.92. The SMILES string of the molecule is C[C@]12CCC(=O)C=C1C[C@@H](C=O)C1C2=CC[C@@]2(C)C1CC[C@@]21CCC(=O)O1. The second-order valence-corrected chi connectivity index (χ2v) is 9.89. The van der Waals surface area contributed by atoms with Crippen molar-refractivity contribution in [3.8, 4) is 0 Å². The Morgan fingerprint density at radius 2 is 1.96 bits per heavy atom. The highest BCUT2D eigenvalue weighted by Gasteiger charge is 2.66. The summed E-state index contributed by atoms with van der Waals surface area (Å²) in [4.78, 5) is 36.1. The van der Waals surface area contributed by atoms with Crippen LogP contribution in [0.3, 0.4) is 0 Å². The van der Waals surface area contributed by atoms with Gasteiger partial charge in [-0.05, 0) is 56.4 Å². The third-order valence-electron chi connectivity index (χ3n) is 8.94. The summed E-state index contributed by atoms with van der Waals surface area (Å²) in [6.45, 7) is 4.56. The molecule has 0 bridgehead atoms. The van der Waals surface area contributed by atoms with Crippen LogP contribution in [0.4, 0.5) is 0 Å². The summed E-state index contributed by atoms with van der Waals surface area (Å²) in [6.07, 6.45) is 11.6. The van der Waals surface area contributed by atoms with E-state index >= 15 is 0 Å². The van der Waals surface area contributed by atoms with E-state index in [0.29, 0.717) is 25.2 Å². The Morgan fingerprint density at radius 3 is 2.67 bits per heavy atom. The molecule has 144 valence electrons. The first-order valence-electron chi connectivity index (χ1n) is 10.4. The Balaban J connectivity index is 1.61. The molecule has 0 aromatic rings. The van der Waals surface area contributed by atoms with Gasteiger partial charge in [0.1, 0.15) is 11.9 Å². The van der Waals surface area contributed by atoms with Crippen molar-refractivity contribution in [1.82, 2.24) is 0 Å². The van der Waals surface area contributed by atoms with Gasteiger partial charge >= 0.3 is 5.97 Å². The lowest BCUT2D eigenvalue weighted by Gasteiger charge is -2.56. The number of allylic oxidation sites excluding steroid dienone is 4. The average molecular weight is 368 g/mol. The molecular weight excluding hydrogens is 340 g/mol. The number of ether oxygens (including phenoxy) is 1. The van der Waals surface area contributed by atoms with Crippen LogP contribution in [0.5, 0.6) is 0 Å². The van der Waals surface area contributed by atoms with Gasteiger partial charge in [-0.2, -0.15) is 0 Å². The van der Waals surface area contributed by atoms with Gasteiger partial charge in [0.25, 0.3) is 0 Å². The largest absolute Gasteiger partial charge is 0.458 e. The van der Waals surface area contributed by atoms with Crippen LogP contribution < -0.4 is 0 Å². The predicted molar refractivity (Wildman–Crippen MR) is 99.7 cm³/mol. The zero-order valence-corrected chi connectivity index (χ0v) is 16.3. The topological polar surface area (TPSA) is 60.4 Å². The molecule has 2 saturated carbocycles. The quantitative estimate of drug-likeness (QED) is 0.400. The smallest absolute Gasteiger partial charge is 0.306 e. The summed E-state index contributed by atoms with van der Waals surface area (Å²) in [5.41, 5.74) is 2.03. The molecule has 1 saturated heterocycles. The monoisotopic (exact) mass is 368 g/mol. The standard InChI is InChI=1S/C23H28O4/c1-21-7-3-16(25)12-15(21)11-14(13-24)20-17(21)4-8-22(2)18(20)5-9-23(22)10-6-19(26)27-23/h4,12-14,18,20H,3,5-11H2,1-2H3/t14-,18?,20?,21-,22-,23+/m0/s1. The number of carbonyl (C=O) groups is 3. The van der Waals surface area contributed by atoms with E-state index in [4.69, 9.17) is 4.74 Å². The molecule has 4 heteroatoms. The highest BCUT2D eigenvalue weighted by Crippen LogP contribution is 2.68. The summed E-state index contributed by atoms with van der Waals surface area (Å²) in [5.74, 6) is 0.651. The minimum Gasteiger partial charge on any atom is -0.458 e. The molecule has 0 N–H and O–H groups in total. The predicted octanol–water partition coefficient (Wildman–Crippen LogP) is 3.94. The van der Waals surface area contributed by atoms with Crippen molar-refractivity contribution >= 4 is 18.0 Å². The van der Waals surface area contributed by atoms with Gasteiger partial charge in [-0.25, -0.2) is 0 Å². The fourth-order valence-corrected chi connectivity index (χ4v) is 7.33. The van der Waals surface area contributed by atoms with Gasteiger partial charge in [0.05, 0.1) is 0 Å². The van der Waals surface area contributed by atoms with Gasteiger partial charge in [-0.1, -0.05) is 31.1 Å². The number of hydrogen-bond donors (Lipinski definition) is 0. The molecule has 0 radical (unpaired) electrons. The lowest BCUT2D eigenvalue weighted by atomic mass is 9.48. The molecule has 5 aliphatic rings. The molecule has 1 spiro atoms. The van der Waals surface area contributed by atoms with E-state index in [1.54, 1.807) is 0 Å². The summed E-state index contributed by atoms with van der Waals surface area (Å²) >= 11 is 0. The van der Waals surface area contributed by atoms with Crippen LogP contribution in [0.1, 0.15) is 65.2 Å². The van der Waals surface area contributed by atoms with Gasteiger partial charge in [-0.15, -0.1) is 0 Å². The van der Waals surface area contributed by atoms with Crippen molar-refractivity contribution in [3.63, 3.8) is 0 Å². The molecule has 1 aliphatic heterocycles. The molecule has 0 aromatic heterocycles. The van der Waals surface area contributed by atoms with Crippen molar-refractivity contribution in [1.29, 1.82) is 0 Å². The minimum absolute atomic E-state index is 0.0646. The van der Waals surface area contributed by atoms with E-state index in [9.17, 15) is 14.4 Å². The number of esters is 1. The first-order valence-corrected chi connectivity index (χ1v) is 10.4. The van der Waals surface area contributed by atoms with E-state index < -0.39 is 0 Å². The zero-order valence-electron chi connectivity index (χ0n) is 16.3. The van der Waals surface area contributed by atoms with E-state index in [2.05, 4.69) is 19.9 Å². The third-order valence-corrected chi connectivity index (χ3v) is 8.94. The summed E-state index contributed by atoms with van der Waals surface area (Å²) in [5, 5.41) is 0. The van der Waals surface area contributed by atoms with Gasteiger partial charge < -0.3 is 9.53 Å². The second-order valence-electron chi connectivity index (χ2n) is 9.89. The number of hydrogen-bond acceptors (Lipinski definition) is 4. The fraction of sp³-hybridized carbons (Fsp3) is 0.696. The third kappa shape index (κ3) is 2.07. The van der Waals surface area contributed by atoms with Crippen LogP contribution in [0.15, 0.2) is 23.3 Å². The van der Waals surface area contributed by atoms with Crippen LogP contribution in [-0.4, -0.2) is 23.6 Å². The molecule has 0 aromatic carbocycles. The Morgan fingerprint density at radius 1 is 1.15 bits per heavy atom. The number of rotatable bonds is 1. The number of aldehydes is 1. The first-order chi connectivity index (χ1) is 12.8. The van der Waals surface area contributed by atoms with Crippen molar-refractivity contribution < 1.29 is 19.1 Å². The van der Waals surface area contributed by atoms with Crippen LogP contribution in [-0.2, 0) is 19.1 Å². The minimum atomic E-state index is -0.343. The molecule has 6 atom stereocenters. The molecule has 3 fully saturated rings. The summed E-state index contributed by atoms with van der Waals surface area (Å²) in [7, 11) is 0. The molecule has 0 amide bonds. The molecule has 2 unspecified atom stereocenters. The lowest BCUT2D eigenvalue weighted by molar-refractivity contribution is -0.161. The van der Waals surface area contributed by atoms with Crippen LogP contribution in [0.2, 0.25) is 0 Å². The van der Waals surface area contributed by atoms with Crippen LogP contribution in [0.25, 0.3) is 0 Å². The number of fused-ring (bicyclic) bond motifs is 6. The summed E-state index contributed by atoms with van der Waals surface area (Å²) in [6, 6.07) is 0. The van der Waals surface area contributed by atoms with Crippen molar-refractivity contribution in [3.05, 3.63) is 23.3 Å². The van der Waals surface area contributed by atoms with E-state index in [1.807, 2.05) is 6.08 Å². The van der Waals surface area contributed by atoms with E-state index in [1.165, 1.54) is 5.57 Å². The average Bonchev–Trinajstić information content (AvgIpc) is 3.16. The number of carbonyl (C=O) groups excluding carboxylic acids is 3. The molecule has 5 rings (SSSR count). The maximum atomic E-state index is 12.1. The first kappa shape index (κ1) is 17.4. The van der Waals surface area contributed by atoms with Crippen molar-refractivity contribution in [2.75, 3.05) is 0 Å². The molecular formula is C23H28O4. The van der Waals surface area contributed by atoms with Gasteiger partial charge in [0.2, 0.25) is 0 Å². The fourth-order valence-electron chi connectivity index (χ4n) is 7.33. The molecule has 1 heterocycles. The Bertz CT molecular complexity index is 807. The Labute approximate surface area is 160 Å². The maximum absolute atomic E-state index is 12.1. The maximum Gasteiger partial charge on any atom is 0.306 e. The highest BCUT2D eigenvalue weighted by atomic mass is 16.6. The second kappa shape index (κ2) is 5.42.